The van der Waals surface area contributed by atoms with Crippen molar-refractivity contribution in [2.24, 2.45) is 5.14 Å². The minimum absolute atomic E-state index is 0.0968. The summed E-state index contributed by atoms with van der Waals surface area (Å²) in [7, 11) is -2.95. The maximum Gasteiger partial charge on any atom is 0.188 e. The molecule has 0 saturated heterocycles. The van der Waals surface area contributed by atoms with E-state index in [1.54, 1.807) is 37.4 Å². The topological polar surface area (TPSA) is 122 Å². The average molecular weight is 465 g/mol. The van der Waals surface area contributed by atoms with E-state index in [0.717, 1.165) is 11.1 Å². The lowest BCUT2D eigenvalue weighted by Crippen LogP contribution is -2.14. The minimum Gasteiger partial charge on any atom is -0.482 e. The quantitative estimate of drug-likeness (QED) is 0.417. The van der Waals surface area contributed by atoms with Gasteiger partial charge in [-0.1, -0.05) is 6.07 Å². The Labute approximate surface area is 190 Å². The van der Waals surface area contributed by atoms with E-state index >= 15 is 0 Å². The van der Waals surface area contributed by atoms with Gasteiger partial charge in [-0.25, -0.2) is 13.6 Å². The number of rotatable bonds is 1. The zero-order valence-corrected chi connectivity index (χ0v) is 18.6. The number of nitrogens with two attached hydrogens (primary N) is 2. The lowest BCUT2D eigenvalue weighted by atomic mass is 10.0. The lowest BCUT2D eigenvalue weighted by molar-refractivity contribution is 0.227. The molecule has 4 N–H and O–H groups in total. The predicted octanol–water partition coefficient (Wildman–Crippen LogP) is 3.18. The van der Waals surface area contributed by atoms with Crippen LogP contribution in [0.25, 0.3) is 22.6 Å². The Morgan fingerprint density at radius 3 is 2.79 bits per heavy atom. The van der Waals surface area contributed by atoms with Crippen LogP contribution in [0.5, 0.6) is 5.75 Å². The van der Waals surface area contributed by atoms with E-state index in [1.807, 2.05) is 16.8 Å². The summed E-state index contributed by atoms with van der Waals surface area (Å²) < 4.78 is 34.7. The fourth-order valence-electron chi connectivity index (χ4n) is 3.95. The van der Waals surface area contributed by atoms with E-state index in [2.05, 4.69) is 21.1 Å². The molecule has 2 atom stereocenters. The standard InChI is InChI=1S/C23H21FN6O2S/c1-13-18-9-15(24)4-6-17(18)23-27-7-8-30(23)12-14-3-5-16(33(2,26)31)10-19(14)20-11-21(32-13)22(25)29-28-20/h3-11,13H,2,12H2,1H3,(H2,25,29)(H2,26,31). The third kappa shape index (κ3) is 3.83. The number of nitrogen functional groups attached to an aromatic ring is 1. The molecule has 8 nitrogen and oxygen atoms in total. The second kappa shape index (κ2) is 7.68. The number of hydrogen-bond acceptors (Lipinski definition) is 6. The molecular weight excluding hydrogens is 443 g/mol. The van der Waals surface area contributed by atoms with Crippen LogP contribution in [-0.4, -0.2) is 29.8 Å². The molecule has 0 amide bonds. The molecule has 0 spiro atoms. The smallest absolute Gasteiger partial charge is 0.188 e. The summed E-state index contributed by atoms with van der Waals surface area (Å²) in [5, 5.41) is 14.1. The van der Waals surface area contributed by atoms with Crippen molar-refractivity contribution >= 4 is 21.4 Å². The highest BCUT2D eigenvalue weighted by Gasteiger charge is 2.22. The lowest BCUT2D eigenvalue weighted by Gasteiger charge is -2.22. The van der Waals surface area contributed by atoms with Crippen molar-refractivity contribution in [2.45, 2.75) is 24.5 Å². The Bertz CT molecular complexity index is 1500. The van der Waals surface area contributed by atoms with E-state index in [4.69, 9.17) is 15.6 Å². The van der Waals surface area contributed by atoms with Crippen LogP contribution >= 0.6 is 0 Å². The Kier molecular flexibility index (Phi) is 4.91. The second-order valence-electron chi connectivity index (χ2n) is 7.89. The number of anilines is 1. The molecule has 168 valence electrons. The molecule has 1 aliphatic rings. The van der Waals surface area contributed by atoms with Crippen molar-refractivity contribution in [3.8, 4) is 28.4 Å². The molecule has 2 unspecified atom stereocenters. The number of hydrogen-bond donors (Lipinski definition) is 2. The first-order chi connectivity index (χ1) is 15.7. The molecule has 4 aromatic rings. The zero-order valence-electron chi connectivity index (χ0n) is 17.7. The molecule has 0 aliphatic carbocycles. The largest absolute Gasteiger partial charge is 0.482 e. The van der Waals surface area contributed by atoms with Crippen LogP contribution in [0.15, 0.2) is 59.8 Å². The second-order valence-corrected chi connectivity index (χ2v) is 9.82. The van der Waals surface area contributed by atoms with Gasteiger partial charge in [0.1, 0.15) is 17.7 Å². The van der Waals surface area contributed by atoms with Gasteiger partial charge < -0.3 is 15.0 Å². The van der Waals surface area contributed by atoms with Gasteiger partial charge in [-0.05, 0) is 48.7 Å². The van der Waals surface area contributed by atoms with Gasteiger partial charge in [-0.2, -0.15) is 0 Å². The first-order valence-corrected chi connectivity index (χ1v) is 11.9. The molecule has 3 heterocycles. The van der Waals surface area contributed by atoms with Gasteiger partial charge in [0.2, 0.25) is 0 Å². The number of halogens is 1. The monoisotopic (exact) mass is 464 g/mol. The van der Waals surface area contributed by atoms with Crippen molar-refractivity contribution < 1.29 is 13.3 Å². The van der Waals surface area contributed by atoms with Crippen LogP contribution in [0, 0.1) is 5.82 Å². The first kappa shape index (κ1) is 21.1. The Morgan fingerprint density at radius 1 is 1.18 bits per heavy atom. The normalized spacial score (nSPS) is 16.8. The molecule has 10 heteroatoms. The first-order valence-electron chi connectivity index (χ1n) is 10.1. The highest BCUT2D eigenvalue weighted by molar-refractivity contribution is 7.98. The van der Waals surface area contributed by atoms with Crippen molar-refractivity contribution in [2.75, 3.05) is 5.73 Å². The number of imidazole rings is 1. The number of nitrogens with zero attached hydrogens (tertiary/aromatic N) is 4. The van der Waals surface area contributed by atoms with Gasteiger partial charge in [0.15, 0.2) is 11.6 Å². The number of benzene rings is 2. The molecule has 2 aromatic carbocycles. The van der Waals surface area contributed by atoms with E-state index in [0.29, 0.717) is 39.8 Å². The maximum absolute atomic E-state index is 14.2. The van der Waals surface area contributed by atoms with Crippen molar-refractivity contribution in [3.63, 3.8) is 0 Å². The van der Waals surface area contributed by atoms with Crippen molar-refractivity contribution in [3.05, 3.63) is 71.8 Å². The van der Waals surface area contributed by atoms with E-state index in [1.165, 1.54) is 12.1 Å². The van der Waals surface area contributed by atoms with Crippen LogP contribution in [-0.2, 0) is 16.3 Å². The van der Waals surface area contributed by atoms with Gasteiger partial charge in [0, 0.05) is 46.6 Å². The summed E-state index contributed by atoms with van der Waals surface area (Å²) in [5.74, 6) is 4.25. The van der Waals surface area contributed by atoms with E-state index < -0.39 is 15.8 Å². The summed E-state index contributed by atoms with van der Waals surface area (Å²) in [6.45, 7) is 2.22. The third-order valence-electron chi connectivity index (χ3n) is 5.59. The SMILES string of the molecule is C=S(N)(=O)c1ccc2c(c1)-c1cc(c(N)nn1)OC(C)c1cc(F)ccc1-c1nccn1C2. The number of aromatic nitrogens is 4. The number of ether oxygens (including phenoxy) is 1. The highest BCUT2D eigenvalue weighted by Crippen LogP contribution is 2.36. The van der Waals surface area contributed by atoms with E-state index in [9.17, 15) is 8.60 Å². The predicted molar refractivity (Wildman–Crippen MR) is 125 cm³/mol. The van der Waals surface area contributed by atoms with Crippen molar-refractivity contribution in [1.29, 1.82) is 0 Å². The molecule has 0 saturated carbocycles. The third-order valence-corrected chi connectivity index (χ3v) is 6.65. The Morgan fingerprint density at radius 2 is 2.00 bits per heavy atom. The minimum atomic E-state index is -2.95. The molecule has 2 bridgehead atoms. The maximum atomic E-state index is 14.2. The summed E-state index contributed by atoms with van der Waals surface area (Å²) >= 11 is 0. The molecule has 0 radical (unpaired) electrons. The number of fused-ring (bicyclic) bond motifs is 7. The van der Waals surface area contributed by atoms with Crippen LogP contribution in [0.1, 0.15) is 24.2 Å². The van der Waals surface area contributed by atoms with Crippen LogP contribution < -0.4 is 15.6 Å². The van der Waals surface area contributed by atoms with Gasteiger partial charge in [0.25, 0.3) is 0 Å². The van der Waals surface area contributed by atoms with Crippen LogP contribution in [0.4, 0.5) is 10.2 Å². The zero-order chi connectivity index (χ0) is 23.3. The highest BCUT2D eigenvalue weighted by atomic mass is 32.2. The molecule has 33 heavy (non-hydrogen) atoms. The van der Waals surface area contributed by atoms with Gasteiger partial charge >= 0.3 is 0 Å². The van der Waals surface area contributed by atoms with Gasteiger partial charge in [-0.15, -0.1) is 10.2 Å². The average Bonchev–Trinajstić information content (AvgIpc) is 3.22. The van der Waals surface area contributed by atoms with E-state index in [-0.39, 0.29) is 11.6 Å². The molecule has 0 fully saturated rings. The summed E-state index contributed by atoms with van der Waals surface area (Å²) in [6.07, 6.45) is 2.96. The Hall–Kier alpha value is -3.76. The van der Waals surface area contributed by atoms with Gasteiger partial charge in [-0.3, -0.25) is 5.14 Å². The van der Waals surface area contributed by atoms with Gasteiger partial charge in [0.05, 0.1) is 15.4 Å². The van der Waals surface area contributed by atoms with Crippen molar-refractivity contribution in [1.82, 2.24) is 19.7 Å². The fourth-order valence-corrected chi connectivity index (χ4v) is 4.56. The fraction of sp³-hybridized carbons (Fsp3) is 0.130. The van der Waals surface area contributed by atoms with Crippen LogP contribution in [0.3, 0.4) is 0 Å². The summed E-state index contributed by atoms with van der Waals surface area (Å²) in [6, 6.07) is 11.4. The molecule has 2 aromatic heterocycles. The summed E-state index contributed by atoms with van der Waals surface area (Å²) in [5.41, 5.74) is 9.38. The Balaban J connectivity index is 1.80. The molecular formula is C23H21FN6O2S. The summed E-state index contributed by atoms with van der Waals surface area (Å²) in [4.78, 5) is 4.91. The molecule has 5 rings (SSSR count). The van der Waals surface area contributed by atoms with Crippen LogP contribution in [0.2, 0.25) is 0 Å². The molecule has 1 aliphatic heterocycles.